The Morgan fingerprint density at radius 1 is 0.810 bits per heavy atom. The van der Waals surface area contributed by atoms with Gasteiger partial charge in [-0.3, -0.25) is 0 Å². The molecule has 21 heavy (non-hydrogen) atoms. The Balaban J connectivity index is 3.98. The number of nitriles is 3. The number of hydrogen-bond acceptors (Lipinski definition) is 4. The van der Waals surface area contributed by atoms with E-state index in [1.807, 2.05) is 0 Å². The Kier molecular flexibility index (Phi) is 4.10. The molecule has 1 rings (SSSR count). The smallest absolute Gasteiger partial charge is 0.236 e. The van der Waals surface area contributed by atoms with E-state index in [0.717, 1.165) is 12.1 Å². The summed E-state index contributed by atoms with van der Waals surface area (Å²) < 4.78 is 76.3. The Morgan fingerprint density at radius 3 is 1.43 bits per heavy atom. The zero-order valence-corrected chi connectivity index (χ0v) is 9.76. The maximum atomic E-state index is 12.7. The third kappa shape index (κ3) is 3.03. The van der Waals surface area contributed by atoms with Gasteiger partial charge in [0.25, 0.3) is 0 Å². The third-order valence-corrected chi connectivity index (χ3v) is 2.32. The van der Waals surface area contributed by atoms with Gasteiger partial charge >= 0.3 is 12.4 Å². The molecule has 4 nitrogen and oxygen atoms in total. The monoisotopic (exact) mass is 304 g/mol. The molecule has 0 amide bonds. The zero-order chi connectivity index (χ0) is 16.4. The molecule has 0 fully saturated rings. The fourth-order valence-corrected chi connectivity index (χ4v) is 1.54. The molecule has 0 bridgehead atoms. The molecule has 0 aliphatic heterocycles. The van der Waals surface area contributed by atoms with Crippen molar-refractivity contribution in [1.29, 1.82) is 15.8 Å². The summed E-state index contributed by atoms with van der Waals surface area (Å²) in [6.45, 7) is 0. The van der Waals surface area contributed by atoms with Gasteiger partial charge in [0.15, 0.2) is 11.4 Å². The molecule has 0 atom stereocenters. The summed E-state index contributed by atoms with van der Waals surface area (Å²) in [5.74, 6) is 0. The lowest BCUT2D eigenvalue weighted by Gasteiger charge is -2.16. The van der Waals surface area contributed by atoms with Gasteiger partial charge < -0.3 is 0 Å². The summed E-state index contributed by atoms with van der Waals surface area (Å²) in [6.07, 6.45) is -11.6. The van der Waals surface area contributed by atoms with Crippen LogP contribution in [0.3, 0.4) is 0 Å². The summed E-state index contributed by atoms with van der Waals surface area (Å²) in [5, 5.41) is 25.9. The van der Waals surface area contributed by atoms with E-state index in [0.29, 0.717) is 0 Å². The predicted molar refractivity (Wildman–Crippen MR) is 53.0 cm³/mol. The number of aromatic nitrogens is 1. The Labute approximate surface area is 113 Å². The van der Waals surface area contributed by atoms with Gasteiger partial charge in [0.2, 0.25) is 0 Å². The van der Waals surface area contributed by atoms with E-state index >= 15 is 0 Å². The molecule has 0 N–H and O–H groups in total. The summed E-state index contributed by atoms with van der Waals surface area (Å²) >= 11 is 0. The first kappa shape index (κ1) is 16.3. The fraction of sp³-hybridized carbons (Fsp3) is 0.273. The van der Waals surface area contributed by atoms with Crippen LogP contribution in [0, 0.1) is 34.0 Å². The number of alkyl halides is 6. The van der Waals surface area contributed by atoms with Crippen LogP contribution in [0.2, 0.25) is 0 Å². The van der Waals surface area contributed by atoms with E-state index < -0.39 is 46.9 Å². The number of halogens is 6. The molecule has 1 aromatic heterocycles. The van der Waals surface area contributed by atoms with Crippen LogP contribution in [-0.2, 0) is 18.8 Å². The maximum absolute atomic E-state index is 12.7. The van der Waals surface area contributed by atoms with Gasteiger partial charge in [-0.2, -0.15) is 42.1 Å². The lowest BCUT2D eigenvalue weighted by atomic mass is 9.96. The second-order valence-electron chi connectivity index (χ2n) is 3.59. The molecule has 0 saturated carbocycles. The topological polar surface area (TPSA) is 84.3 Å². The average molecular weight is 304 g/mol. The minimum absolute atomic E-state index is 0.933. The summed E-state index contributed by atoms with van der Waals surface area (Å²) in [7, 11) is 0. The number of hydrogen-bond donors (Lipinski definition) is 0. The fourth-order valence-electron chi connectivity index (χ4n) is 1.54. The second-order valence-corrected chi connectivity index (χ2v) is 3.59. The van der Waals surface area contributed by atoms with Gasteiger partial charge in [0.05, 0.1) is 23.6 Å². The van der Waals surface area contributed by atoms with Crippen LogP contribution in [0.4, 0.5) is 26.3 Å². The SMILES string of the molecule is N#CCc1c(C#N)c(C(F)(F)F)nc(C(F)(F)F)c1C#N. The minimum atomic E-state index is -5.33. The van der Waals surface area contributed by atoms with Gasteiger partial charge in [0, 0.05) is 5.56 Å². The van der Waals surface area contributed by atoms with Crippen LogP contribution in [-0.4, -0.2) is 4.98 Å². The van der Waals surface area contributed by atoms with Crippen LogP contribution in [0.25, 0.3) is 0 Å². The highest BCUT2D eigenvalue weighted by Crippen LogP contribution is 2.38. The van der Waals surface area contributed by atoms with Crippen molar-refractivity contribution in [2.24, 2.45) is 0 Å². The minimum Gasteiger partial charge on any atom is -0.236 e. The van der Waals surface area contributed by atoms with E-state index in [1.54, 1.807) is 0 Å². The van der Waals surface area contributed by atoms with Gasteiger partial charge in [-0.1, -0.05) is 0 Å². The Bertz CT molecular complexity index is 646. The molecule has 0 saturated heterocycles. The van der Waals surface area contributed by atoms with Gasteiger partial charge in [-0.15, -0.1) is 0 Å². The standard InChI is InChI=1S/C11H2F6N4/c12-10(13,14)8-6(3-19)5(1-2-18)7(4-20)9(21-8)11(15,16)17/h1H2. The van der Waals surface area contributed by atoms with Crippen molar-refractivity contribution >= 4 is 0 Å². The van der Waals surface area contributed by atoms with Crippen LogP contribution < -0.4 is 0 Å². The maximum Gasteiger partial charge on any atom is 0.434 e. The van der Waals surface area contributed by atoms with Crippen molar-refractivity contribution in [1.82, 2.24) is 4.98 Å². The quantitative estimate of drug-likeness (QED) is 0.747. The molecule has 0 aromatic carbocycles. The van der Waals surface area contributed by atoms with Crippen molar-refractivity contribution in [3.05, 3.63) is 28.1 Å². The molecule has 0 aliphatic rings. The first-order valence-electron chi connectivity index (χ1n) is 4.96. The number of pyridine rings is 1. The van der Waals surface area contributed by atoms with Crippen molar-refractivity contribution < 1.29 is 26.3 Å². The van der Waals surface area contributed by atoms with E-state index in [-0.39, 0.29) is 0 Å². The molecule has 10 heteroatoms. The molecule has 1 aromatic rings. The van der Waals surface area contributed by atoms with Crippen molar-refractivity contribution in [2.45, 2.75) is 18.8 Å². The van der Waals surface area contributed by atoms with E-state index in [2.05, 4.69) is 4.98 Å². The van der Waals surface area contributed by atoms with Crippen molar-refractivity contribution in [3.63, 3.8) is 0 Å². The lowest BCUT2D eigenvalue weighted by molar-refractivity contribution is -0.150. The number of nitrogens with zero attached hydrogens (tertiary/aromatic N) is 4. The number of rotatable bonds is 1. The summed E-state index contributed by atoms with van der Waals surface area (Å²) in [6, 6.07) is 3.44. The third-order valence-electron chi connectivity index (χ3n) is 2.32. The van der Waals surface area contributed by atoms with E-state index in [9.17, 15) is 26.3 Å². The van der Waals surface area contributed by atoms with Crippen LogP contribution in [0.15, 0.2) is 0 Å². The second kappa shape index (κ2) is 5.29. The summed E-state index contributed by atoms with van der Waals surface area (Å²) in [5.41, 5.74) is -7.58. The molecular formula is C11H2F6N4. The lowest BCUT2D eigenvalue weighted by Crippen LogP contribution is -2.21. The predicted octanol–water partition coefficient (Wildman–Crippen LogP) is 2.93. The highest BCUT2D eigenvalue weighted by atomic mass is 19.4. The van der Waals surface area contributed by atoms with Gasteiger partial charge in [0.1, 0.15) is 12.1 Å². The first-order chi connectivity index (χ1) is 9.57. The Hall–Kier alpha value is -2.80. The van der Waals surface area contributed by atoms with E-state index in [4.69, 9.17) is 15.8 Å². The highest BCUT2D eigenvalue weighted by Gasteiger charge is 2.44. The van der Waals surface area contributed by atoms with Gasteiger partial charge in [-0.25, -0.2) is 4.98 Å². The Morgan fingerprint density at radius 2 is 1.19 bits per heavy atom. The zero-order valence-electron chi connectivity index (χ0n) is 9.76. The molecule has 108 valence electrons. The molecule has 0 unspecified atom stereocenters. The molecule has 0 radical (unpaired) electrons. The van der Waals surface area contributed by atoms with Crippen LogP contribution >= 0.6 is 0 Å². The molecular weight excluding hydrogens is 302 g/mol. The largest absolute Gasteiger partial charge is 0.434 e. The first-order valence-corrected chi connectivity index (χ1v) is 4.96. The van der Waals surface area contributed by atoms with Crippen LogP contribution in [0.1, 0.15) is 28.1 Å². The van der Waals surface area contributed by atoms with Crippen molar-refractivity contribution in [3.8, 4) is 18.2 Å². The van der Waals surface area contributed by atoms with E-state index in [1.165, 1.54) is 6.07 Å². The molecule has 1 heterocycles. The van der Waals surface area contributed by atoms with Crippen molar-refractivity contribution in [2.75, 3.05) is 0 Å². The van der Waals surface area contributed by atoms with Crippen LogP contribution in [0.5, 0.6) is 0 Å². The normalized spacial score (nSPS) is 11.4. The average Bonchev–Trinajstić information content (AvgIpc) is 2.35. The summed E-state index contributed by atoms with van der Waals surface area (Å²) in [4.78, 5) is 2.40. The molecule has 0 aliphatic carbocycles. The van der Waals surface area contributed by atoms with Gasteiger partial charge in [-0.05, 0) is 0 Å². The molecule has 0 spiro atoms. The highest BCUT2D eigenvalue weighted by molar-refractivity contribution is 5.55.